The van der Waals surface area contributed by atoms with Crippen LogP contribution in [0.15, 0.2) is 24.3 Å². The summed E-state index contributed by atoms with van der Waals surface area (Å²) in [6, 6.07) is 8.30. The van der Waals surface area contributed by atoms with Crippen LogP contribution in [-0.4, -0.2) is 12.1 Å². The first-order valence-corrected chi connectivity index (χ1v) is 11.5. The van der Waals surface area contributed by atoms with E-state index in [1.165, 1.54) is 69.8 Å². The first kappa shape index (κ1) is 20.4. The third kappa shape index (κ3) is 5.83. The number of carbonyl (C=O) groups is 1. The molecule has 0 radical (unpaired) electrons. The van der Waals surface area contributed by atoms with Crippen molar-refractivity contribution in [2.24, 2.45) is 11.8 Å². The first-order valence-electron chi connectivity index (χ1n) is 11.5. The van der Waals surface area contributed by atoms with E-state index in [2.05, 4.69) is 26.0 Å². The Hall–Kier alpha value is -1.31. The van der Waals surface area contributed by atoms with Crippen LogP contribution in [0.5, 0.6) is 0 Å². The maximum atomic E-state index is 12.5. The third-order valence-corrected chi connectivity index (χ3v) is 6.93. The van der Waals surface area contributed by atoms with E-state index in [-0.39, 0.29) is 12.1 Å². The fraction of sp³-hybridized carbons (Fsp3) is 0.720. The van der Waals surface area contributed by atoms with E-state index in [1.807, 2.05) is 12.1 Å². The highest BCUT2D eigenvalue weighted by molar-refractivity contribution is 5.89. The van der Waals surface area contributed by atoms with Gasteiger partial charge in [0.15, 0.2) is 0 Å². The Labute approximate surface area is 166 Å². The summed E-state index contributed by atoms with van der Waals surface area (Å²) in [7, 11) is 0. The van der Waals surface area contributed by atoms with Gasteiger partial charge in [-0.05, 0) is 86.8 Å². The van der Waals surface area contributed by atoms with Crippen LogP contribution in [0.25, 0.3) is 0 Å². The van der Waals surface area contributed by atoms with E-state index in [4.69, 9.17) is 4.74 Å². The molecule has 0 atom stereocenters. The molecule has 2 saturated carbocycles. The Balaban J connectivity index is 1.47. The Morgan fingerprint density at radius 3 is 1.85 bits per heavy atom. The highest BCUT2D eigenvalue weighted by Crippen LogP contribution is 2.37. The summed E-state index contributed by atoms with van der Waals surface area (Å²) < 4.78 is 5.79. The average Bonchev–Trinajstić information content (AvgIpc) is 2.71. The summed E-state index contributed by atoms with van der Waals surface area (Å²) in [4.78, 5) is 12.5. The van der Waals surface area contributed by atoms with Crippen LogP contribution >= 0.6 is 0 Å². The van der Waals surface area contributed by atoms with Gasteiger partial charge < -0.3 is 4.74 Å². The molecule has 0 saturated heterocycles. The molecule has 0 N–H and O–H groups in total. The maximum Gasteiger partial charge on any atom is 0.338 e. The zero-order chi connectivity index (χ0) is 19.1. The summed E-state index contributed by atoms with van der Waals surface area (Å²) in [5.41, 5.74) is 2.12. The molecule has 0 aromatic heterocycles. The van der Waals surface area contributed by atoms with Gasteiger partial charge >= 0.3 is 5.97 Å². The molecule has 3 rings (SSSR count). The molecule has 0 heterocycles. The van der Waals surface area contributed by atoms with Crippen molar-refractivity contribution in [1.29, 1.82) is 0 Å². The molecular weight excluding hydrogens is 332 g/mol. The molecule has 27 heavy (non-hydrogen) atoms. The number of hydrogen-bond donors (Lipinski definition) is 0. The van der Waals surface area contributed by atoms with Crippen molar-refractivity contribution >= 4 is 5.97 Å². The van der Waals surface area contributed by atoms with E-state index in [1.54, 1.807) is 0 Å². The number of ether oxygens (including phenoxy) is 1. The second kappa shape index (κ2) is 10.3. The van der Waals surface area contributed by atoms with Crippen LogP contribution in [0, 0.1) is 11.8 Å². The summed E-state index contributed by atoms with van der Waals surface area (Å²) in [6.45, 7) is 4.55. The molecule has 2 fully saturated rings. The molecule has 2 aliphatic rings. The molecule has 0 aliphatic heterocycles. The minimum atomic E-state index is -0.132. The Morgan fingerprint density at radius 2 is 1.33 bits per heavy atom. The zero-order valence-electron chi connectivity index (χ0n) is 17.4. The molecule has 1 aromatic rings. The number of rotatable bonds is 7. The van der Waals surface area contributed by atoms with E-state index < -0.39 is 0 Å². The summed E-state index contributed by atoms with van der Waals surface area (Å²) in [6.07, 6.45) is 15.2. The predicted octanol–water partition coefficient (Wildman–Crippen LogP) is 7.28. The lowest BCUT2D eigenvalue weighted by atomic mass is 9.77. The van der Waals surface area contributed by atoms with Crippen molar-refractivity contribution in [2.45, 2.75) is 103 Å². The number of hydrogen-bond acceptors (Lipinski definition) is 2. The standard InChI is InChI=1S/C25H38O2/c1-3-5-19-7-11-21(12-8-19)22-13-15-23(16-14-22)25(26)27-24-17-9-20(6-4-2)10-18-24/h13-16,19-21,24H,3-12,17-18H2,1-2H3/t19-,20?,21-,24?. The van der Waals surface area contributed by atoms with E-state index >= 15 is 0 Å². The lowest BCUT2D eigenvalue weighted by molar-refractivity contribution is 0.0161. The van der Waals surface area contributed by atoms with Crippen molar-refractivity contribution in [3.63, 3.8) is 0 Å². The molecule has 2 aliphatic carbocycles. The molecule has 0 amide bonds. The van der Waals surface area contributed by atoms with Gasteiger partial charge in [-0.1, -0.05) is 51.7 Å². The quantitative estimate of drug-likeness (QED) is 0.471. The van der Waals surface area contributed by atoms with E-state index in [0.29, 0.717) is 11.5 Å². The van der Waals surface area contributed by atoms with Crippen LogP contribution in [0.2, 0.25) is 0 Å². The topological polar surface area (TPSA) is 26.3 Å². The van der Waals surface area contributed by atoms with Crippen molar-refractivity contribution in [1.82, 2.24) is 0 Å². The minimum Gasteiger partial charge on any atom is -0.459 e. The molecule has 150 valence electrons. The SMILES string of the molecule is CCCC1CCC(OC(=O)c2ccc([C@H]3CC[C@H](CCC)CC3)cc2)CC1. The van der Waals surface area contributed by atoms with Crippen LogP contribution in [0.3, 0.4) is 0 Å². The molecule has 2 heteroatoms. The fourth-order valence-corrected chi connectivity index (χ4v) is 5.25. The van der Waals surface area contributed by atoms with Gasteiger partial charge in [-0.25, -0.2) is 4.79 Å². The lowest BCUT2D eigenvalue weighted by Gasteiger charge is -2.29. The summed E-state index contributed by atoms with van der Waals surface area (Å²) in [5, 5.41) is 0. The molecular formula is C25H38O2. The smallest absolute Gasteiger partial charge is 0.338 e. The molecule has 2 nitrogen and oxygen atoms in total. The van der Waals surface area contributed by atoms with Gasteiger partial charge in [0.2, 0.25) is 0 Å². The second-order valence-electron chi connectivity index (χ2n) is 8.97. The van der Waals surface area contributed by atoms with Crippen LogP contribution in [-0.2, 0) is 4.74 Å². The third-order valence-electron chi connectivity index (χ3n) is 6.93. The molecule has 0 spiro atoms. The average molecular weight is 371 g/mol. The molecule has 1 aromatic carbocycles. The van der Waals surface area contributed by atoms with Gasteiger partial charge in [0, 0.05) is 0 Å². The number of benzene rings is 1. The second-order valence-corrected chi connectivity index (χ2v) is 8.97. The van der Waals surface area contributed by atoms with Gasteiger partial charge in [0.1, 0.15) is 6.10 Å². The summed E-state index contributed by atoms with van der Waals surface area (Å²) in [5.74, 6) is 2.33. The van der Waals surface area contributed by atoms with Crippen LogP contribution < -0.4 is 0 Å². The largest absolute Gasteiger partial charge is 0.459 e. The van der Waals surface area contributed by atoms with Crippen molar-refractivity contribution in [3.05, 3.63) is 35.4 Å². The maximum absolute atomic E-state index is 12.5. The molecule has 0 unspecified atom stereocenters. The van der Waals surface area contributed by atoms with Crippen LogP contribution in [0.4, 0.5) is 0 Å². The van der Waals surface area contributed by atoms with Crippen molar-refractivity contribution < 1.29 is 9.53 Å². The van der Waals surface area contributed by atoms with Gasteiger partial charge in [-0.3, -0.25) is 0 Å². The summed E-state index contributed by atoms with van der Waals surface area (Å²) >= 11 is 0. The predicted molar refractivity (Wildman–Crippen MR) is 112 cm³/mol. The Morgan fingerprint density at radius 1 is 0.815 bits per heavy atom. The highest BCUT2D eigenvalue weighted by atomic mass is 16.5. The number of carbonyl (C=O) groups excluding carboxylic acids is 1. The molecule has 0 bridgehead atoms. The van der Waals surface area contributed by atoms with Gasteiger partial charge in [-0.15, -0.1) is 0 Å². The lowest BCUT2D eigenvalue weighted by Crippen LogP contribution is -2.24. The van der Waals surface area contributed by atoms with Crippen molar-refractivity contribution in [2.75, 3.05) is 0 Å². The minimum absolute atomic E-state index is 0.124. The monoisotopic (exact) mass is 370 g/mol. The van der Waals surface area contributed by atoms with E-state index in [9.17, 15) is 4.79 Å². The van der Waals surface area contributed by atoms with Crippen molar-refractivity contribution in [3.8, 4) is 0 Å². The van der Waals surface area contributed by atoms with Gasteiger partial charge in [-0.2, -0.15) is 0 Å². The fourth-order valence-electron chi connectivity index (χ4n) is 5.25. The number of esters is 1. The highest BCUT2D eigenvalue weighted by Gasteiger charge is 2.25. The van der Waals surface area contributed by atoms with Gasteiger partial charge in [0.05, 0.1) is 5.56 Å². The van der Waals surface area contributed by atoms with Crippen LogP contribution in [0.1, 0.15) is 113 Å². The van der Waals surface area contributed by atoms with Gasteiger partial charge in [0.25, 0.3) is 0 Å². The Bertz CT molecular complexity index is 560. The zero-order valence-corrected chi connectivity index (χ0v) is 17.4. The first-order chi connectivity index (χ1) is 13.2. The van der Waals surface area contributed by atoms with E-state index in [0.717, 1.165) is 24.7 Å². The normalized spacial score (nSPS) is 28.7. The Kier molecular flexibility index (Phi) is 7.79.